The van der Waals surface area contributed by atoms with Crippen molar-refractivity contribution in [1.29, 1.82) is 0 Å². The van der Waals surface area contributed by atoms with Gasteiger partial charge in [-0.1, -0.05) is 13.8 Å². The van der Waals surface area contributed by atoms with E-state index in [1.54, 1.807) is 0 Å². The zero-order valence-electron chi connectivity index (χ0n) is 10.5. The van der Waals surface area contributed by atoms with Crippen molar-refractivity contribution in [2.24, 2.45) is 11.1 Å². The SMILES string of the molecule is CCC(CC)(CO)CNC(=O)C(CN)OC. The van der Waals surface area contributed by atoms with Crippen LogP contribution in [-0.2, 0) is 9.53 Å². The number of hydrogen-bond donors (Lipinski definition) is 3. The first-order valence-corrected chi connectivity index (χ1v) is 5.70. The van der Waals surface area contributed by atoms with Crippen LogP contribution in [-0.4, -0.2) is 43.9 Å². The van der Waals surface area contributed by atoms with Crippen LogP contribution in [0.5, 0.6) is 0 Å². The predicted molar refractivity (Wildman–Crippen MR) is 63.0 cm³/mol. The Balaban J connectivity index is 4.25. The average Bonchev–Trinajstić information content (AvgIpc) is 2.33. The Labute approximate surface area is 97.3 Å². The van der Waals surface area contributed by atoms with Gasteiger partial charge in [0.2, 0.25) is 5.91 Å². The Morgan fingerprint density at radius 2 is 2.06 bits per heavy atom. The number of carbonyl (C=O) groups excluding carboxylic acids is 1. The monoisotopic (exact) mass is 232 g/mol. The van der Waals surface area contributed by atoms with Gasteiger partial charge in [0, 0.05) is 25.6 Å². The number of carbonyl (C=O) groups is 1. The molecule has 0 heterocycles. The molecule has 0 fully saturated rings. The van der Waals surface area contributed by atoms with Gasteiger partial charge in [0.05, 0.1) is 6.61 Å². The highest BCUT2D eigenvalue weighted by Gasteiger charge is 2.27. The maximum Gasteiger partial charge on any atom is 0.250 e. The third kappa shape index (κ3) is 4.08. The lowest BCUT2D eigenvalue weighted by Crippen LogP contribution is -2.46. The number of nitrogens with two attached hydrogens (primary N) is 1. The van der Waals surface area contributed by atoms with Gasteiger partial charge in [0.15, 0.2) is 0 Å². The summed E-state index contributed by atoms with van der Waals surface area (Å²) in [6, 6.07) is 0. The highest BCUT2D eigenvalue weighted by molar-refractivity contribution is 5.81. The van der Waals surface area contributed by atoms with Crippen molar-refractivity contribution in [1.82, 2.24) is 5.32 Å². The molecule has 0 aromatic carbocycles. The first kappa shape index (κ1) is 15.3. The van der Waals surface area contributed by atoms with Gasteiger partial charge in [0.1, 0.15) is 6.10 Å². The molecule has 0 spiro atoms. The van der Waals surface area contributed by atoms with Crippen molar-refractivity contribution < 1.29 is 14.6 Å². The Bertz CT molecular complexity index is 193. The van der Waals surface area contributed by atoms with E-state index in [9.17, 15) is 9.90 Å². The van der Waals surface area contributed by atoms with E-state index in [4.69, 9.17) is 10.5 Å². The van der Waals surface area contributed by atoms with Gasteiger partial charge >= 0.3 is 0 Å². The van der Waals surface area contributed by atoms with Crippen molar-refractivity contribution in [3.8, 4) is 0 Å². The summed E-state index contributed by atoms with van der Waals surface area (Å²) in [7, 11) is 1.45. The molecule has 0 aromatic rings. The van der Waals surface area contributed by atoms with Crippen molar-refractivity contribution >= 4 is 5.91 Å². The second kappa shape index (κ2) is 7.60. The van der Waals surface area contributed by atoms with E-state index >= 15 is 0 Å². The van der Waals surface area contributed by atoms with Gasteiger partial charge in [-0.3, -0.25) is 4.79 Å². The van der Waals surface area contributed by atoms with Crippen LogP contribution in [0.1, 0.15) is 26.7 Å². The maximum atomic E-state index is 11.6. The van der Waals surface area contributed by atoms with Gasteiger partial charge in [-0.2, -0.15) is 0 Å². The largest absolute Gasteiger partial charge is 0.396 e. The quantitative estimate of drug-likeness (QED) is 0.544. The van der Waals surface area contributed by atoms with Crippen molar-refractivity contribution in [2.45, 2.75) is 32.8 Å². The molecule has 1 unspecified atom stereocenters. The average molecular weight is 232 g/mol. The molecule has 0 aliphatic rings. The minimum Gasteiger partial charge on any atom is -0.396 e. The van der Waals surface area contributed by atoms with Gasteiger partial charge in [0.25, 0.3) is 0 Å². The molecule has 96 valence electrons. The van der Waals surface area contributed by atoms with Gasteiger partial charge < -0.3 is 20.9 Å². The molecule has 0 aliphatic carbocycles. The molecular weight excluding hydrogens is 208 g/mol. The summed E-state index contributed by atoms with van der Waals surface area (Å²) in [6.45, 7) is 4.69. The molecule has 0 aliphatic heterocycles. The number of rotatable bonds is 8. The third-order valence-electron chi connectivity index (χ3n) is 3.26. The van der Waals surface area contributed by atoms with Crippen LogP contribution in [0.15, 0.2) is 0 Å². The van der Waals surface area contributed by atoms with Crippen molar-refractivity contribution in [3.05, 3.63) is 0 Å². The first-order valence-electron chi connectivity index (χ1n) is 5.70. The molecule has 4 N–H and O–H groups in total. The predicted octanol–water partition coefficient (Wildman–Crippen LogP) is -0.125. The minimum absolute atomic E-state index is 0.0700. The molecule has 0 bridgehead atoms. The summed E-state index contributed by atoms with van der Waals surface area (Å²) in [5.74, 6) is -0.218. The smallest absolute Gasteiger partial charge is 0.250 e. The Kier molecular flexibility index (Phi) is 7.29. The number of nitrogens with one attached hydrogen (secondary N) is 1. The first-order chi connectivity index (χ1) is 7.59. The standard InChI is InChI=1S/C11H24N2O3/c1-4-11(5-2,8-14)7-13-10(15)9(6-12)16-3/h9,14H,4-8,12H2,1-3H3,(H,13,15). The highest BCUT2D eigenvalue weighted by Crippen LogP contribution is 2.24. The highest BCUT2D eigenvalue weighted by atomic mass is 16.5. The normalized spacial score (nSPS) is 13.6. The summed E-state index contributed by atoms with van der Waals surface area (Å²) in [6.07, 6.45) is 1.03. The summed E-state index contributed by atoms with van der Waals surface area (Å²) < 4.78 is 4.93. The molecule has 16 heavy (non-hydrogen) atoms. The number of aliphatic hydroxyl groups excluding tert-OH is 1. The van der Waals surface area contributed by atoms with Crippen LogP contribution in [0, 0.1) is 5.41 Å². The maximum absolute atomic E-state index is 11.6. The second-order valence-corrected chi connectivity index (χ2v) is 4.04. The molecule has 5 nitrogen and oxygen atoms in total. The van der Waals surface area contributed by atoms with E-state index in [0.29, 0.717) is 6.54 Å². The van der Waals surface area contributed by atoms with Crippen molar-refractivity contribution in [2.75, 3.05) is 26.8 Å². The van der Waals surface area contributed by atoms with E-state index in [0.717, 1.165) is 12.8 Å². The van der Waals surface area contributed by atoms with E-state index in [-0.39, 0.29) is 24.5 Å². The van der Waals surface area contributed by atoms with Gasteiger partial charge in [-0.15, -0.1) is 0 Å². The Hall–Kier alpha value is -0.650. The summed E-state index contributed by atoms with van der Waals surface area (Å²) in [5, 5.41) is 12.1. The van der Waals surface area contributed by atoms with Crippen LogP contribution in [0.25, 0.3) is 0 Å². The topological polar surface area (TPSA) is 84.6 Å². The molecule has 0 radical (unpaired) electrons. The van der Waals surface area contributed by atoms with Crippen LogP contribution < -0.4 is 11.1 Å². The van der Waals surface area contributed by atoms with E-state index in [1.165, 1.54) is 7.11 Å². The molecule has 0 rings (SSSR count). The summed E-state index contributed by atoms with van der Waals surface area (Å²) in [5.41, 5.74) is 5.15. The number of hydrogen-bond acceptors (Lipinski definition) is 4. The lowest BCUT2D eigenvalue weighted by molar-refractivity contribution is -0.131. The molecule has 1 amide bonds. The fourth-order valence-corrected chi connectivity index (χ4v) is 1.48. The minimum atomic E-state index is -0.606. The Morgan fingerprint density at radius 3 is 2.38 bits per heavy atom. The van der Waals surface area contributed by atoms with Crippen LogP contribution >= 0.6 is 0 Å². The molecule has 5 heteroatoms. The number of aliphatic hydroxyl groups is 1. The molecule has 1 atom stereocenters. The summed E-state index contributed by atoms with van der Waals surface area (Å²) in [4.78, 5) is 11.6. The zero-order chi connectivity index (χ0) is 12.6. The number of methoxy groups -OCH3 is 1. The zero-order valence-corrected chi connectivity index (χ0v) is 10.5. The van der Waals surface area contributed by atoms with Gasteiger partial charge in [-0.05, 0) is 12.8 Å². The summed E-state index contributed by atoms with van der Waals surface area (Å²) >= 11 is 0. The molecule has 0 aromatic heterocycles. The van der Waals surface area contributed by atoms with Crippen LogP contribution in [0.2, 0.25) is 0 Å². The number of ether oxygens (including phenoxy) is 1. The van der Waals surface area contributed by atoms with Crippen LogP contribution in [0.4, 0.5) is 0 Å². The Morgan fingerprint density at radius 1 is 1.50 bits per heavy atom. The molecule has 0 saturated heterocycles. The molecule has 0 saturated carbocycles. The fourth-order valence-electron chi connectivity index (χ4n) is 1.48. The van der Waals surface area contributed by atoms with Gasteiger partial charge in [-0.25, -0.2) is 0 Å². The van der Waals surface area contributed by atoms with E-state index in [2.05, 4.69) is 5.32 Å². The third-order valence-corrected chi connectivity index (χ3v) is 3.26. The van der Waals surface area contributed by atoms with E-state index < -0.39 is 6.10 Å². The van der Waals surface area contributed by atoms with E-state index in [1.807, 2.05) is 13.8 Å². The lowest BCUT2D eigenvalue weighted by atomic mass is 9.83. The lowest BCUT2D eigenvalue weighted by Gasteiger charge is -2.30. The van der Waals surface area contributed by atoms with Crippen molar-refractivity contribution in [3.63, 3.8) is 0 Å². The van der Waals surface area contributed by atoms with Crippen LogP contribution in [0.3, 0.4) is 0 Å². The number of amides is 1. The molecular formula is C11H24N2O3. The second-order valence-electron chi connectivity index (χ2n) is 4.04. The fraction of sp³-hybridized carbons (Fsp3) is 0.909.